The van der Waals surface area contributed by atoms with Crippen molar-refractivity contribution < 1.29 is 19.0 Å². The Bertz CT molecular complexity index is 1600. The molecule has 0 radical (unpaired) electrons. The van der Waals surface area contributed by atoms with Crippen molar-refractivity contribution in [1.29, 1.82) is 0 Å². The number of carbonyl (C=O) groups is 1. The number of aromatic nitrogens is 4. The number of carbonyl (C=O) groups excluding carboxylic acids is 1. The summed E-state index contributed by atoms with van der Waals surface area (Å²) in [6.07, 6.45) is 0. The van der Waals surface area contributed by atoms with E-state index < -0.39 is 5.69 Å². The average Bonchev–Trinajstić information content (AvgIpc) is 3.37. The highest BCUT2D eigenvalue weighted by atomic mass is 16.5. The maximum atomic E-state index is 13.5. The van der Waals surface area contributed by atoms with Crippen molar-refractivity contribution in [3.05, 3.63) is 82.8 Å². The number of hydrogen-bond donors (Lipinski definition) is 0. The highest BCUT2D eigenvalue weighted by Gasteiger charge is 2.19. The number of nitrogens with zero attached hydrogens (tertiary/aromatic N) is 4. The molecule has 0 atom stereocenters. The van der Waals surface area contributed by atoms with E-state index in [1.165, 1.54) is 9.08 Å². The van der Waals surface area contributed by atoms with Gasteiger partial charge in [0.2, 0.25) is 0 Å². The molecule has 176 valence electrons. The number of ketones is 1. The van der Waals surface area contributed by atoms with Crippen molar-refractivity contribution in [1.82, 2.24) is 19.2 Å². The topological polar surface area (TPSA) is 97.0 Å². The molecule has 0 saturated carbocycles. The first kappa shape index (κ1) is 22.1. The second-order valence-corrected chi connectivity index (χ2v) is 7.81. The van der Waals surface area contributed by atoms with Gasteiger partial charge in [0, 0.05) is 22.6 Å². The number of ether oxygens (including phenoxy) is 3. The summed E-state index contributed by atoms with van der Waals surface area (Å²) >= 11 is 0. The van der Waals surface area contributed by atoms with E-state index in [1.54, 1.807) is 69.9 Å². The maximum absolute atomic E-state index is 13.5. The lowest BCUT2D eigenvalue weighted by atomic mass is 10.1. The zero-order chi connectivity index (χ0) is 24.5. The largest absolute Gasteiger partial charge is 0.497 e. The van der Waals surface area contributed by atoms with Crippen LogP contribution < -0.4 is 19.9 Å². The van der Waals surface area contributed by atoms with Crippen molar-refractivity contribution >= 4 is 22.3 Å². The Balaban J connectivity index is 1.65. The number of para-hydroxylation sites is 1. The molecule has 0 amide bonds. The van der Waals surface area contributed by atoms with Crippen LogP contribution in [-0.4, -0.2) is 46.3 Å². The van der Waals surface area contributed by atoms with Crippen molar-refractivity contribution in [3.63, 3.8) is 0 Å². The second-order valence-electron chi connectivity index (χ2n) is 7.81. The number of rotatable bonds is 7. The van der Waals surface area contributed by atoms with Crippen LogP contribution in [-0.2, 0) is 6.54 Å². The van der Waals surface area contributed by atoms with Gasteiger partial charge in [0.25, 0.3) is 0 Å². The first-order valence-corrected chi connectivity index (χ1v) is 10.8. The molecule has 0 fully saturated rings. The Kier molecular flexibility index (Phi) is 5.66. The van der Waals surface area contributed by atoms with Crippen LogP contribution in [0, 0.1) is 0 Å². The molecule has 0 spiro atoms. The molecular weight excluding hydrogens is 448 g/mol. The number of hydrogen-bond acceptors (Lipinski definition) is 7. The van der Waals surface area contributed by atoms with E-state index in [0.29, 0.717) is 50.7 Å². The predicted molar refractivity (Wildman–Crippen MR) is 131 cm³/mol. The molecule has 0 saturated heterocycles. The molecular formula is C26H22N4O5. The Labute approximate surface area is 200 Å². The number of benzene rings is 3. The number of methoxy groups -OCH3 is 3. The fourth-order valence-corrected chi connectivity index (χ4v) is 3.96. The first-order chi connectivity index (χ1) is 17.0. The summed E-state index contributed by atoms with van der Waals surface area (Å²) in [7, 11) is 4.68. The summed E-state index contributed by atoms with van der Waals surface area (Å²) in [6, 6.07) is 19.4. The van der Waals surface area contributed by atoms with Crippen LogP contribution in [0.5, 0.6) is 17.2 Å². The normalized spacial score (nSPS) is 11.1. The van der Waals surface area contributed by atoms with E-state index in [9.17, 15) is 9.59 Å². The van der Waals surface area contributed by atoms with Gasteiger partial charge in [-0.25, -0.2) is 9.78 Å². The molecule has 0 aliphatic carbocycles. The van der Waals surface area contributed by atoms with Gasteiger partial charge in [0.05, 0.1) is 33.4 Å². The third kappa shape index (κ3) is 3.97. The minimum absolute atomic E-state index is 0.149. The van der Waals surface area contributed by atoms with Gasteiger partial charge in [-0.3, -0.25) is 9.36 Å². The first-order valence-electron chi connectivity index (χ1n) is 10.8. The minimum atomic E-state index is -0.464. The van der Waals surface area contributed by atoms with Gasteiger partial charge in [-0.2, -0.15) is 4.52 Å². The van der Waals surface area contributed by atoms with Crippen LogP contribution in [0.3, 0.4) is 0 Å². The van der Waals surface area contributed by atoms with Crippen LogP contribution >= 0.6 is 0 Å². The summed E-state index contributed by atoms with van der Waals surface area (Å²) in [5.41, 5.74) is 1.64. The molecule has 0 bridgehead atoms. The number of fused-ring (bicyclic) bond motifs is 3. The highest BCUT2D eigenvalue weighted by molar-refractivity contribution is 5.98. The minimum Gasteiger partial charge on any atom is -0.497 e. The molecule has 0 aliphatic rings. The Morgan fingerprint density at radius 2 is 1.51 bits per heavy atom. The summed E-state index contributed by atoms with van der Waals surface area (Å²) in [4.78, 5) is 31.2. The lowest BCUT2D eigenvalue weighted by Crippen LogP contribution is -2.30. The SMILES string of the molecule is COc1ccc(C(=O)Cn2c(=O)n3nc(-c4cc(OC)cc(OC)c4)nc3c3ccccc32)cc1. The summed E-state index contributed by atoms with van der Waals surface area (Å²) in [5.74, 6) is 1.92. The van der Waals surface area contributed by atoms with Crippen molar-refractivity contribution in [2.45, 2.75) is 6.54 Å². The monoisotopic (exact) mass is 470 g/mol. The van der Waals surface area contributed by atoms with E-state index >= 15 is 0 Å². The maximum Gasteiger partial charge on any atom is 0.351 e. The standard InChI is InChI=1S/C26H22N4O5/c1-33-18-10-8-16(9-11-18)23(31)15-29-22-7-5-4-6-21(22)25-27-24(28-30(25)26(29)32)17-12-19(34-2)14-20(13-17)35-3/h4-14H,15H2,1-3H3. The van der Waals surface area contributed by atoms with E-state index in [4.69, 9.17) is 14.2 Å². The van der Waals surface area contributed by atoms with E-state index in [0.717, 1.165) is 0 Å². The molecule has 0 N–H and O–H groups in total. The van der Waals surface area contributed by atoms with Crippen molar-refractivity contribution in [2.75, 3.05) is 21.3 Å². The van der Waals surface area contributed by atoms with Crippen molar-refractivity contribution in [3.8, 4) is 28.6 Å². The zero-order valence-corrected chi connectivity index (χ0v) is 19.4. The van der Waals surface area contributed by atoms with Crippen LogP contribution in [0.25, 0.3) is 27.9 Å². The lowest BCUT2D eigenvalue weighted by Gasteiger charge is -2.10. The average molecular weight is 470 g/mol. The summed E-state index contributed by atoms with van der Waals surface area (Å²) in [6.45, 7) is -0.149. The zero-order valence-electron chi connectivity index (χ0n) is 19.4. The van der Waals surface area contributed by atoms with E-state index in [-0.39, 0.29) is 12.3 Å². The molecule has 5 rings (SSSR count). The molecule has 2 aromatic heterocycles. The van der Waals surface area contributed by atoms with Gasteiger partial charge in [-0.05, 0) is 48.5 Å². The Hall–Kier alpha value is -4.66. The fraction of sp³-hybridized carbons (Fsp3) is 0.154. The van der Waals surface area contributed by atoms with Crippen LogP contribution in [0.15, 0.2) is 71.5 Å². The van der Waals surface area contributed by atoms with Crippen LogP contribution in [0.1, 0.15) is 10.4 Å². The Morgan fingerprint density at radius 3 is 2.17 bits per heavy atom. The van der Waals surface area contributed by atoms with Gasteiger partial charge in [0.15, 0.2) is 17.3 Å². The van der Waals surface area contributed by atoms with E-state index in [1.807, 2.05) is 18.2 Å². The highest BCUT2D eigenvalue weighted by Crippen LogP contribution is 2.29. The molecule has 3 aromatic carbocycles. The molecule has 2 heterocycles. The van der Waals surface area contributed by atoms with E-state index in [2.05, 4.69) is 10.1 Å². The number of Topliss-reactive ketones (excluding diaryl/α,β-unsaturated/α-hetero) is 1. The molecule has 9 nitrogen and oxygen atoms in total. The lowest BCUT2D eigenvalue weighted by molar-refractivity contribution is 0.0971. The molecule has 0 aliphatic heterocycles. The molecule has 0 unspecified atom stereocenters. The van der Waals surface area contributed by atoms with Crippen LogP contribution in [0.4, 0.5) is 0 Å². The van der Waals surface area contributed by atoms with Gasteiger partial charge >= 0.3 is 5.69 Å². The quantitative estimate of drug-likeness (QED) is 0.335. The third-order valence-corrected chi connectivity index (χ3v) is 5.78. The molecule has 9 heteroatoms. The van der Waals surface area contributed by atoms with Crippen molar-refractivity contribution in [2.24, 2.45) is 0 Å². The predicted octanol–water partition coefficient (Wildman–Crippen LogP) is 3.62. The molecule has 35 heavy (non-hydrogen) atoms. The van der Waals surface area contributed by atoms with Gasteiger partial charge < -0.3 is 14.2 Å². The second kappa shape index (κ2) is 8.94. The summed E-state index contributed by atoms with van der Waals surface area (Å²) < 4.78 is 18.5. The molecule has 5 aromatic rings. The van der Waals surface area contributed by atoms with Gasteiger partial charge in [-0.15, -0.1) is 5.10 Å². The Morgan fingerprint density at radius 1 is 0.857 bits per heavy atom. The smallest absolute Gasteiger partial charge is 0.351 e. The van der Waals surface area contributed by atoms with Gasteiger partial charge in [0.1, 0.15) is 17.2 Å². The third-order valence-electron chi connectivity index (χ3n) is 5.78. The van der Waals surface area contributed by atoms with Crippen LogP contribution in [0.2, 0.25) is 0 Å². The fourth-order valence-electron chi connectivity index (χ4n) is 3.96. The summed E-state index contributed by atoms with van der Waals surface area (Å²) in [5, 5.41) is 5.18. The van der Waals surface area contributed by atoms with Gasteiger partial charge in [-0.1, -0.05) is 12.1 Å².